The predicted molar refractivity (Wildman–Crippen MR) is 97.3 cm³/mol. The number of H-pyrrole nitrogens is 1. The van der Waals surface area contributed by atoms with Crippen molar-refractivity contribution in [3.8, 4) is 0 Å². The van der Waals surface area contributed by atoms with E-state index in [1.54, 1.807) is 0 Å². The van der Waals surface area contributed by atoms with E-state index >= 15 is 0 Å². The number of anilines is 1. The number of hydrogen-bond acceptors (Lipinski definition) is 7. The first kappa shape index (κ1) is 20.1. The van der Waals surface area contributed by atoms with Crippen LogP contribution in [0, 0.1) is 5.92 Å². The van der Waals surface area contributed by atoms with E-state index in [0.29, 0.717) is 0 Å². The number of nitrogens with one attached hydrogen (secondary N) is 2. The van der Waals surface area contributed by atoms with Gasteiger partial charge in [0.05, 0.1) is 26.3 Å². The zero-order chi connectivity index (χ0) is 19.1. The summed E-state index contributed by atoms with van der Waals surface area (Å²) in [7, 11) is 1.47. The van der Waals surface area contributed by atoms with Crippen LogP contribution >= 0.6 is 0 Å². The number of aromatic amines is 1. The Morgan fingerprint density at radius 2 is 2.27 bits per heavy atom. The highest BCUT2D eigenvalue weighted by molar-refractivity contribution is 6.01. The molecule has 0 aliphatic heterocycles. The third-order valence-corrected chi connectivity index (χ3v) is 4.64. The minimum Gasteiger partial charge on any atom is -0.395 e. The van der Waals surface area contributed by atoms with Crippen molar-refractivity contribution >= 4 is 11.6 Å². The molecule has 0 fully saturated rings. The maximum atomic E-state index is 12.5. The lowest BCUT2D eigenvalue weighted by molar-refractivity contribution is 0.0971. The number of nitrogens with two attached hydrogens (primary N) is 1. The van der Waals surface area contributed by atoms with Crippen LogP contribution in [0.4, 0.5) is 5.82 Å². The summed E-state index contributed by atoms with van der Waals surface area (Å²) in [6.07, 6.45) is 6.85. The Kier molecular flexibility index (Phi) is 7.31. The second-order valence-electron chi connectivity index (χ2n) is 6.30. The summed E-state index contributed by atoms with van der Waals surface area (Å²) in [4.78, 5) is 38.6. The molecule has 0 amide bonds. The molecular formula is C17H26N4O5. The van der Waals surface area contributed by atoms with E-state index < -0.39 is 17.0 Å². The van der Waals surface area contributed by atoms with E-state index in [0.717, 1.165) is 23.8 Å². The smallest absolute Gasteiger partial charge is 0.330 e. The topological polar surface area (TPSA) is 139 Å². The summed E-state index contributed by atoms with van der Waals surface area (Å²) < 4.78 is 6.01. The van der Waals surface area contributed by atoms with Crippen LogP contribution in [0.25, 0.3) is 0 Å². The van der Waals surface area contributed by atoms with Gasteiger partial charge in [-0.2, -0.15) is 0 Å². The van der Waals surface area contributed by atoms with Crippen molar-refractivity contribution in [3.63, 3.8) is 0 Å². The Balaban J connectivity index is 2.14. The molecule has 9 heteroatoms. The third-order valence-electron chi connectivity index (χ3n) is 4.64. The van der Waals surface area contributed by atoms with Crippen molar-refractivity contribution in [2.24, 2.45) is 5.92 Å². The number of Topliss-reactive ketones (excluding diaryl/α,β-unsaturated/α-hetero) is 1. The fourth-order valence-corrected chi connectivity index (χ4v) is 3.14. The van der Waals surface area contributed by atoms with Crippen molar-refractivity contribution in [2.75, 3.05) is 32.6 Å². The molecule has 2 unspecified atom stereocenters. The van der Waals surface area contributed by atoms with Gasteiger partial charge in [0.25, 0.3) is 5.56 Å². The number of carbonyl (C=O) groups excluding carboxylic acids is 1. The Morgan fingerprint density at radius 3 is 2.88 bits per heavy atom. The van der Waals surface area contributed by atoms with Gasteiger partial charge >= 0.3 is 5.69 Å². The molecule has 26 heavy (non-hydrogen) atoms. The van der Waals surface area contributed by atoms with Crippen molar-refractivity contribution < 1.29 is 14.6 Å². The minimum absolute atomic E-state index is 0.106. The van der Waals surface area contributed by atoms with Gasteiger partial charge in [-0.3, -0.25) is 19.1 Å². The maximum absolute atomic E-state index is 12.5. The molecule has 2 rings (SSSR count). The van der Waals surface area contributed by atoms with E-state index in [2.05, 4.69) is 22.5 Å². The van der Waals surface area contributed by atoms with Gasteiger partial charge in [0.1, 0.15) is 11.4 Å². The van der Waals surface area contributed by atoms with Gasteiger partial charge in [-0.05, 0) is 25.2 Å². The molecule has 0 aromatic carbocycles. The average Bonchev–Trinajstić information content (AvgIpc) is 2.62. The number of nitrogens with zero attached hydrogens (tertiary/aromatic N) is 1. The van der Waals surface area contributed by atoms with Gasteiger partial charge in [-0.15, -0.1) is 0 Å². The van der Waals surface area contributed by atoms with Gasteiger partial charge in [0, 0.05) is 13.2 Å². The van der Waals surface area contributed by atoms with Crippen LogP contribution in [0.3, 0.4) is 0 Å². The summed E-state index contributed by atoms with van der Waals surface area (Å²) in [5.74, 6) is -0.479. The zero-order valence-electron chi connectivity index (χ0n) is 14.9. The number of aliphatic hydroxyl groups excluding tert-OH is 1. The molecule has 1 heterocycles. The molecular weight excluding hydrogens is 340 g/mol. The van der Waals surface area contributed by atoms with E-state index in [9.17, 15) is 19.5 Å². The van der Waals surface area contributed by atoms with Crippen LogP contribution in [0.1, 0.15) is 29.6 Å². The number of carbonyl (C=O) groups is 1. The highest BCUT2D eigenvalue weighted by Gasteiger charge is 2.24. The highest BCUT2D eigenvalue weighted by atomic mass is 16.5. The molecule has 0 bridgehead atoms. The molecule has 2 atom stereocenters. The number of ketones is 1. The molecule has 9 nitrogen and oxygen atoms in total. The summed E-state index contributed by atoms with van der Waals surface area (Å²) in [6.45, 7) is 0.0787. The lowest BCUT2D eigenvalue weighted by Gasteiger charge is -2.27. The summed E-state index contributed by atoms with van der Waals surface area (Å²) in [6, 6.07) is -0.247. The van der Waals surface area contributed by atoms with Gasteiger partial charge in [-0.25, -0.2) is 4.79 Å². The average molecular weight is 366 g/mol. The Hall–Kier alpha value is -2.23. The maximum Gasteiger partial charge on any atom is 0.330 e. The third kappa shape index (κ3) is 4.69. The van der Waals surface area contributed by atoms with Crippen molar-refractivity contribution in [1.29, 1.82) is 0 Å². The molecule has 0 saturated heterocycles. The second-order valence-corrected chi connectivity index (χ2v) is 6.30. The van der Waals surface area contributed by atoms with Crippen LogP contribution < -0.4 is 22.3 Å². The highest BCUT2D eigenvalue weighted by Crippen LogP contribution is 2.21. The molecule has 1 aliphatic carbocycles. The van der Waals surface area contributed by atoms with Crippen LogP contribution in [0.15, 0.2) is 21.7 Å². The first-order valence-corrected chi connectivity index (χ1v) is 8.63. The fourth-order valence-electron chi connectivity index (χ4n) is 3.14. The summed E-state index contributed by atoms with van der Waals surface area (Å²) in [5, 5.41) is 12.6. The van der Waals surface area contributed by atoms with Crippen LogP contribution in [0.2, 0.25) is 0 Å². The van der Waals surface area contributed by atoms with Crippen LogP contribution in [0.5, 0.6) is 0 Å². The normalized spacial score (nSPS) is 18.0. The van der Waals surface area contributed by atoms with E-state index in [4.69, 9.17) is 10.5 Å². The number of rotatable bonds is 9. The van der Waals surface area contributed by atoms with Gasteiger partial charge < -0.3 is 20.9 Å². The predicted octanol–water partition coefficient (Wildman–Crippen LogP) is -0.745. The van der Waals surface area contributed by atoms with E-state index in [-0.39, 0.29) is 49.6 Å². The number of nitrogen functional groups attached to an aromatic ring is 1. The lowest BCUT2D eigenvalue weighted by atomic mass is 9.88. The molecule has 5 N–H and O–H groups in total. The summed E-state index contributed by atoms with van der Waals surface area (Å²) >= 11 is 0. The van der Waals surface area contributed by atoms with E-state index in [1.807, 2.05) is 0 Å². The standard InChI is InChI=1S/C17H26N4O5/c1-26-8-7-21-15(18)14(16(24)20-17(21)25)13(23)9-19-12(10-22)11-5-3-2-4-6-11/h2-3,11-12,19,22H,4-10,18H2,1H3,(H,20,24,25). The zero-order valence-corrected chi connectivity index (χ0v) is 14.9. The van der Waals surface area contributed by atoms with Crippen molar-refractivity contribution in [2.45, 2.75) is 31.8 Å². The molecule has 144 valence electrons. The van der Waals surface area contributed by atoms with E-state index in [1.165, 1.54) is 7.11 Å². The van der Waals surface area contributed by atoms with Crippen molar-refractivity contribution in [1.82, 2.24) is 14.9 Å². The lowest BCUT2D eigenvalue weighted by Crippen LogP contribution is -2.44. The Labute approximate surface area is 150 Å². The Bertz CT molecular complexity index is 767. The monoisotopic (exact) mass is 366 g/mol. The molecule has 0 saturated carbocycles. The van der Waals surface area contributed by atoms with Gasteiger partial charge in [-0.1, -0.05) is 12.2 Å². The van der Waals surface area contributed by atoms with Crippen molar-refractivity contribution in [3.05, 3.63) is 38.6 Å². The van der Waals surface area contributed by atoms with Crippen LogP contribution in [-0.2, 0) is 11.3 Å². The largest absolute Gasteiger partial charge is 0.395 e. The van der Waals surface area contributed by atoms with Gasteiger partial charge in [0.2, 0.25) is 0 Å². The quantitative estimate of drug-likeness (QED) is 0.333. The number of aliphatic hydroxyl groups is 1. The second kappa shape index (κ2) is 9.46. The molecule has 1 aromatic heterocycles. The number of allylic oxidation sites excluding steroid dienone is 2. The number of methoxy groups -OCH3 is 1. The molecule has 1 aromatic rings. The number of ether oxygens (including phenoxy) is 1. The SMILES string of the molecule is COCCn1c(N)c(C(=O)CNC(CO)C2CC=CCC2)c(=O)[nH]c1=O. The fraction of sp³-hybridized carbons (Fsp3) is 0.588. The first-order valence-electron chi connectivity index (χ1n) is 8.63. The van der Waals surface area contributed by atoms with Gasteiger partial charge in [0.15, 0.2) is 5.78 Å². The first-order chi connectivity index (χ1) is 12.5. The minimum atomic E-state index is -0.811. The molecule has 0 spiro atoms. The number of aromatic nitrogens is 2. The molecule has 1 aliphatic rings. The number of hydrogen-bond donors (Lipinski definition) is 4. The summed E-state index contributed by atoms with van der Waals surface area (Å²) in [5.41, 5.74) is 4.14. The Morgan fingerprint density at radius 1 is 1.50 bits per heavy atom. The van der Waals surface area contributed by atoms with Crippen LogP contribution in [-0.4, -0.2) is 53.4 Å². The molecule has 0 radical (unpaired) electrons.